The van der Waals surface area contributed by atoms with Crippen molar-refractivity contribution in [2.75, 3.05) is 13.7 Å². The average Bonchev–Trinajstić information content (AvgIpc) is 2.28. The normalized spacial score (nSPS) is 10.5. The molecule has 0 fully saturated rings. The number of hydrogen-bond acceptors (Lipinski definition) is 4. The van der Waals surface area contributed by atoms with E-state index < -0.39 is 18.0 Å². The smallest absolute Gasteiger partial charge is 0.344 e. The van der Waals surface area contributed by atoms with Gasteiger partial charge in [0.25, 0.3) is 6.43 Å². The zero-order valence-electron chi connectivity index (χ0n) is 9.17. The highest BCUT2D eigenvalue weighted by atomic mass is 79.9. The van der Waals surface area contributed by atoms with E-state index in [2.05, 4.69) is 20.9 Å². The van der Waals surface area contributed by atoms with Gasteiger partial charge in [-0.05, 0) is 22.9 Å². The van der Waals surface area contributed by atoms with Crippen molar-refractivity contribution in [3.8, 4) is 5.75 Å². The van der Waals surface area contributed by atoms with E-state index in [4.69, 9.17) is 9.47 Å². The molecule has 1 heterocycles. The molecule has 17 heavy (non-hydrogen) atoms. The molecule has 0 spiro atoms. The first-order valence-electron chi connectivity index (χ1n) is 4.70. The van der Waals surface area contributed by atoms with Crippen molar-refractivity contribution < 1.29 is 23.0 Å². The first kappa shape index (κ1) is 13.8. The second-order valence-corrected chi connectivity index (χ2v) is 3.68. The second-order valence-electron chi connectivity index (χ2n) is 2.93. The van der Waals surface area contributed by atoms with Crippen molar-refractivity contribution in [2.24, 2.45) is 0 Å². The summed E-state index contributed by atoms with van der Waals surface area (Å²) in [4.78, 5) is 15.3. The van der Waals surface area contributed by atoms with Crippen LogP contribution in [0.25, 0.3) is 0 Å². The number of carbonyl (C=O) groups excluding carboxylic acids is 1. The number of methoxy groups -OCH3 is 1. The first-order valence-corrected chi connectivity index (χ1v) is 5.49. The SMILES string of the molecule is CCOC(=O)c1c(Br)ncc(C(F)F)c1OC. The third-order valence-corrected chi connectivity index (χ3v) is 2.53. The molecule has 0 aliphatic heterocycles. The maximum Gasteiger partial charge on any atom is 0.344 e. The van der Waals surface area contributed by atoms with Gasteiger partial charge >= 0.3 is 5.97 Å². The largest absolute Gasteiger partial charge is 0.495 e. The van der Waals surface area contributed by atoms with E-state index in [-0.39, 0.29) is 22.5 Å². The van der Waals surface area contributed by atoms with E-state index in [1.807, 2.05) is 0 Å². The fraction of sp³-hybridized carbons (Fsp3) is 0.400. The number of carbonyl (C=O) groups is 1. The molecular formula is C10H10BrF2NO3. The molecule has 0 aliphatic carbocycles. The van der Waals surface area contributed by atoms with Gasteiger partial charge in [0, 0.05) is 6.20 Å². The Morgan fingerprint density at radius 2 is 2.24 bits per heavy atom. The molecule has 0 bridgehead atoms. The summed E-state index contributed by atoms with van der Waals surface area (Å²) in [6.45, 7) is 1.75. The minimum atomic E-state index is -2.78. The topological polar surface area (TPSA) is 48.4 Å². The molecule has 0 aromatic carbocycles. The zero-order chi connectivity index (χ0) is 13.0. The predicted octanol–water partition coefficient (Wildman–Crippen LogP) is 2.97. The van der Waals surface area contributed by atoms with Crippen molar-refractivity contribution in [2.45, 2.75) is 13.3 Å². The summed E-state index contributed by atoms with van der Waals surface area (Å²) >= 11 is 3.00. The summed E-state index contributed by atoms with van der Waals surface area (Å²) in [6, 6.07) is 0. The third-order valence-electron chi connectivity index (χ3n) is 1.93. The maximum atomic E-state index is 12.7. The molecule has 0 saturated carbocycles. The molecule has 7 heteroatoms. The highest BCUT2D eigenvalue weighted by Gasteiger charge is 2.25. The molecule has 0 unspecified atom stereocenters. The number of rotatable bonds is 4. The molecule has 0 amide bonds. The van der Waals surface area contributed by atoms with E-state index in [9.17, 15) is 13.6 Å². The lowest BCUT2D eigenvalue weighted by Crippen LogP contribution is -2.10. The molecule has 1 aromatic heterocycles. The van der Waals surface area contributed by atoms with Gasteiger partial charge in [0.2, 0.25) is 0 Å². The number of alkyl halides is 2. The van der Waals surface area contributed by atoms with Crippen LogP contribution in [0.3, 0.4) is 0 Å². The standard InChI is InChI=1S/C10H10BrF2NO3/c1-3-17-10(15)6-7(16-2)5(9(12)13)4-14-8(6)11/h4,9H,3H2,1-2H3. The van der Waals surface area contributed by atoms with Gasteiger partial charge in [-0.2, -0.15) is 0 Å². The Labute approximate surface area is 105 Å². The van der Waals surface area contributed by atoms with Crippen molar-refractivity contribution in [1.29, 1.82) is 0 Å². The van der Waals surface area contributed by atoms with Crippen LogP contribution >= 0.6 is 15.9 Å². The number of esters is 1. The van der Waals surface area contributed by atoms with E-state index in [1.54, 1.807) is 6.92 Å². The summed E-state index contributed by atoms with van der Waals surface area (Å²) in [5.74, 6) is -0.980. The number of pyridine rings is 1. The van der Waals surface area contributed by atoms with Gasteiger partial charge in [-0.3, -0.25) is 0 Å². The van der Waals surface area contributed by atoms with Crippen LogP contribution in [-0.4, -0.2) is 24.7 Å². The number of halogens is 3. The summed E-state index contributed by atoms with van der Waals surface area (Å²) < 4.78 is 35.1. The molecule has 1 rings (SSSR count). The molecule has 0 atom stereocenters. The van der Waals surface area contributed by atoms with Gasteiger partial charge in [0.1, 0.15) is 15.9 Å². The Morgan fingerprint density at radius 1 is 1.59 bits per heavy atom. The van der Waals surface area contributed by atoms with Crippen molar-refractivity contribution >= 4 is 21.9 Å². The van der Waals surface area contributed by atoms with Crippen LogP contribution in [0.15, 0.2) is 10.8 Å². The Bertz CT molecular complexity index is 426. The molecule has 94 valence electrons. The van der Waals surface area contributed by atoms with E-state index in [1.165, 1.54) is 7.11 Å². The summed E-state index contributed by atoms with van der Waals surface area (Å²) in [7, 11) is 1.20. The fourth-order valence-electron chi connectivity index (χ4n) is 1.24. The minimum Gasteiger partial charge on any atom is -0.495 e. The number of hydrogen-bond donors (Lipinski definition) is 0. The molecular weight excluding hydrogens is 300 g/mol. The van der Waals surface area contributed by atoms with Crippen molar-refractivity contribution in [3.05, 3.63) is 21.9 Å². The van der Waals surface area contributed by atoms with Crippen LogP contribution < -0.4 is 4.74 Å². The molecule has 4 nitrogen and oxygen atoms in total. The molecule has 0 saturated heterocycles. The van der Waals surface area contributed by atoms with Crippen LogP contribution in [0.4, 0.5) is 8.78 Å². The van der Waals surface area contributed by atoms with Crippen molar-refractivity contribution in [1.82, 2.24) is 4.98 Å². The number of aromatic nitrogens is 1. The highest BCUT2D eigenvalue weighted by Crippen LogP contribution is 2.35. The van der Waals surface area contributed by atoms with E-state index >= 15 is 0 Å². The molecule has 0 aliphatic rings. The maximum absolute atomic E-state index is 12.7. The molecule has 0 radical (unpaired) electrons. The summed E-state index contributed by atoms with van der Waals surface area (Å²) in [6.07, 6.45) is -1.82. The summed E-state index contributed by atoms with van der Waals surface area (Å²) in [5.41, 5.74) is -0.578. The van der Waals surface area contributed by atoms with Gasteiger partial charge in [0.15, 0.2) is 0 Å². The first-order chi connectivity index (χ1) is 8.02. The van der Waals surface area contributed by atoms with E-state index in [0.717, 1.165) is 6.20 Å². The lowest BCUT2D eigenvalue weighted by Gasteiger charge is -2.13. The fourth-order valence-corrected chi connectivity index (χ4v) is 1.69. The quantitative estimate of drug-likeness (QED) is 0.634. The lowest BCUT2D eigenvalue weighted by molar-refractivity contribution is 0.0520. The average molecular weight is 310 g/mol. The Morgan fingerprint density at radius 3 is 2.71 bits per heavy atom. The van der Waals surface area contributed by atoms with Crippen LogP contribution in [0.2, 0.25) is 0 Å². The summed E-state index contributed by atoms with van der Waals surface area (Å²) in [5, 5.41) is 0. The molecule has 0 N–H and O–H groups in total. The monoisotopic (exact) mass is 309 g/mol. The molecule has 1 aromatic rings. The van der Waals surface area contributed by atoms with Crippen LogP contribution in [0, 0.1) is 0 Å². The second kappa shape index (κ2) is 5.90. The van der Waals surface area contributed by atoms with Gasteiger partial charge in [-0.1, -0.05) is 0 Å². The minimum absolute atomic E-state index is 0.109. The van der Waals surface area contributed by atoms with Gasteiger partial charge in [-0.25, -0.2) is 18.6 Å². The van der Waals surface area contributed by atoms with Crippen LogP contribution in [0.5, 0.6) is 5.75 Å². The Hall–Kier alpha value is -1.24. The number of nitrogens with zero attached hydrogens (tertiary/aromatic N) is 1. The predicted molar refractivity (Wildman–Crippen MR) is 59.4 cm³/mol. The van der Waals surface area contributed by atoms with Gasteiger partial charge in [-0.15, -0.1) is 0 Å². The highest BCUT2D eigenvalue weighted by molar-refractivity contribution is 9.10. The van der Waals surface area contributed by atoms with Crippen molar-refractivity contribution in [3.63, 3.8) is 0 Å². The van der Waals surface area contributed by atoms with Crippen LogP contribution in [-0.2, 0) is 4.74 Å². The Kier molecular flexibility index (Phi) is 4.80. The Balaban J connectivity index is 3.35. The van der Waals surface area contributed by atoms with Gasteiger partial charge < -0.3 is 9.47 Å². The van der Waals surface area contributed by atoms with E-state index in [0.29, 0.717) is 0 Å². The third kappa shape index (κ3) is 2.91. The zero-order valence-corrected chi connectivity index (χ0v) is 10.8. The van der Waals surface area contributed by atoms with Crippen LogP contribution in [0.1, 0.15) is 29.3 Å². The van der Waals surface area contributed by atoms with Gasteiger partial charge in [0.05, 0.1) is 19.3 Å². The lowest BCUT2D eigenvalue weighted by atomic mass is 10.2. The number of ether oxygens (including phenoxy) is 2.